The topological polar surface area (TPSA) is 79.3 Å². The van der Waals surface area contributed by atoms with Gasteiger partial charge in [0.25, 0.3) is 0 Å². The third-order valence-corrected chi connectivity index (χ3v) is 4.04. The van der Waals surface area contributed by atoms with Crippen molar-refractivity contribution in [3.05, 3.63) is 34.2 Å². The van der Waals surface area contributed by atoms with Gasteiger partial charge in [0, 0.05) is 17.4 Å². The lowest BCUT2D eigenvalue weighted by atomic mass is 10.0. The van der Waals surface area contributed by atoms with E-state index in [1.165, 1.54) is 18.3 Å². The Kier molecular flexibility index (Phi) is 4.37. The molecular weight excluding hydrogens is 288 g/mol. The van der Waals surface area contributed by atoms with Crippen LogP contribution in [0.15, 0.2) is 18.2 Å². The predicted molar refractivity (Wildman–Crippen MR) is 82.7 cm³/mol. The van der Waals surface area contributed by atoms with Crippen molar-refractivity contribution < 1.29 is 14.7 Å². The smallest absolute Gasteiger partial charge is 0.308 e. The molecule has 0 fully saturated rings. The van der Waals surface area contributed by atoms with Gasteiger partial charge in [-0.25, -0.2) is 4.98 Å². The number of nitrogens with one attached hydrogen (secondary N) is 1. The summed E-state index contributed by atoms with van der Waals surface area (Å²) in [6.45, 7) is 5.41. The van der Waals surface area contributed by atoms with E-state index in [0.717, 1.165) is 16.7 Å². The van der Waals surface area contributed by atoms with E-state index in [0.29, 0.717) is 15.7 Å². The van der Waals surface area contributed by atoms with Crippen LogP contribution in [-0.2, 0) is 16.0 Å². The first-order valence-corrected chi connectivity index (χ1v) is 7.25. The highest BCUT2D eigenvalue weighted by atomic mass is 32.1. The van der Waals surface area contributed by atoms with Gasteiger partial charge < -0.3 is 10.4 Å². The van der Waals surface area contributed by atoms with Crippen LogP contribution in [0.3, 0.4) is 0 Å². The molecule has 0 aliphatic heterocycles. The van der Waals surface area contributed by atoms with Crippen LogP contribution in [0, 0.1) is 13.8 Å². The normalized spacial score (nSPS) is 10.4. The lowest BCUT2D eigenvalue weighted by molar-refractivity contribution is -0.136. The molecule has 2 rings (SSSR count). The standard InChI is InChI=1S/C15H16N2O3S/c1-8-4-5-11(6-9(8)2)14-12(7-13(19)20)21-15(17-14)16-10(3)18/h4-6H,7H2,1-3H3,(H,19,20)(H,16,17,18). The van der Waals surface area contributed by atoms with Crippen LogP contribution in [0.2, 0.25) is 0 Å². The first-order chi connectivity index (χ1) is 9.86. The van der Waals surface area contributed by atoms with E-state index in [9.17, 15) is 9.59 Å². The molecule has 0 saturated heterocycles. The summed E-state index contributed by atoms with van der Waals surface area (Å²) < 4.78 is 0. The second-order valence-corrected chi connectivity index (χ2v) is 5.93. The van der Waals surface area contributed by atoms with Crippen LogP contribution < -0.4 is 5.32 Å². The Labute approximate surface area is 126 Å². The molecule has 0 aliphatic rings. The van der Waals surface area contributed by atoms with Crippen LogP contribution >= 0.6 is 11.3 Å². The van der Waals surface area contributed by atoms with Gasteiger partial charge in [-0.1, -0.05) is 12.1 Å². The summed E-state index contributed by atoms with van der Waals surface area (Å²) in [6.07, 6.45) is -0.112. The van der Waals surface area contributed by atoms with Gasteiger partial charge in [-0.2, -0.15) is 0 Å². The highest BCUT2D eigenvalue weighted by molar-refractivity contribution is 7.16. The summed E-state index contributed by atoms with van der Waals surface area (Å²) in [5.41, 5.74) is 3.76. The molecule has 2 aromatic rings. The number of hydrogen-bond donors (Lipinski definition) is 2. The molecule has 21 heavy (non-hydrogen) atoms. The summed E-state index contributed by atoms with van der Waals surface area (Å²) in [4.78, 5) is 27.1. The molecule has 0 saturated carbocycles. The van der Waals surface area contributed by atoms with Crippen LogP contribution in [0.1, 0.15) is 22.9 Å². The Balaban J connectivity index is 2.48. The first-order valence-electron chi connectivity index (χ1n) is 6.43. The minimum absolute atomic E-state index is 0.112. The second-order valence-electron chi connectivity index (χ2n) is 4.84. The van der Waals surface area contributed by atoms with Crippen molar-refractivity contribution in [2.45, 2.75) is 27.2 Å². The van der Waals surface area contributed by atoms with Gasteiger partial charge in [-0.05, 0) is 31.0 Å². The molecular formula is C15H16N2O3S. The molecule has 0 atom stereocenters. The molecule has 1 amide bonds. The van der Waals surface area contributed by atoms with Crippen LogP contribution in [0.4, 0.5) is 5.13 Å². The summed E-state index contributed by atoms with van der Waals surface area (Å²) in [7, 11) is 0. The predicted octanol–water partition coefficient (Wildman–Crippen LogP) is 3.01. The van der Waals surface area contributed by atoms with E-state index in [1.807, 2.05) is 32.0 Å². The van der Waals surface area contributed by atoms with E-state index in [2.05, 4.69) is 10.3 Å². The Morgan fingerprint density at radius 2 is 2.00 bits per heavy atom. The third kappa shape index (κ3) is 3.66. The Morgan fingerprint density at radius 1 is 1.29 bits per heavy atom. The van der Waals surface area contributed by atoms with Crippen molar-refractivity contribution in [3.63, 3.8) is 0 Å². The molecule has 0 radical (unpaired) electrons. The van der Waals surface area contributed by atoms with Crippen molar-refractivity contribution in [1.29, 1.82) is 0 Å². The Morgan fingerprint density at radius 3 is 2.57 bits per heavy atom. The zero-order valence-corrected chi connectivity index (χ0v) is 12.9. The van der Waals surface area contributed by atoms with E-state index in [-0.39, 0.29) is 12.3 Å². The second kappa shape index (κ2) is 6.05. The lowest BCUT2D eigenvalue weighted by Crippen LogP contribution is -2.04. The van der Waals surface area contributed by atoms with E-state index in [1.54, 1.807) is 0 Å². The fourth-order valence-corrected chi connectivity index (χ4v) is 2.95. The minimum Gasteiger partial charge on any atom is -0.481 e. The number of aliphatic carboxylic acids is 1. The molecule has 6 heteroatoms. The van der Waals surface area contributed by atoms with Gasteiger partial charge in [0.2, 0.25) is 5.91 Å². The van der Waals surface area contributed by atoms with Crippen LogP contribution in [0.25, 0.3) is 11.3 Å². The maximum atomic E-state index is 11.1. The first kappa shape index (κ1) is 15.2. The average molecular weight is 304 g/mol. The highest BCUT2D eigenvalue weighted by Crippen LogP contribution is 2.32. The summed E-state index contributed by atoms with van der Waals surface area (Å²) >= 11 is 1.20. The molecule has 0 spiro atoms. The highest BCUT2D eigenvalue weighted by Gasteiger charge is 2.16. The third-order valence-electron chi connectivity index (χ3n) is 3.07. The van der Waals surface area contributed by atoms with Crippen molar-refractivity contribution in [1.82, 2.24) is 4.98 Å². The number of carbonyl (C=O) groups is 2. The molecule has 2 N–H and O–H groups in total. The number of amides is 1. The molecule has 1 aromatic heterocycles. The fraction of sp³-hybridized carbons (Fsp3) is 0.267. The lowest BCUT2D eigenvalue weighted by Gasteiger charge is -2.04. The number of anilines is 1. The van der Waals surface area contributed by atoms with Gasteiger partial charge in [0.05, 0.1) is 12.1 Å². The average Bonchev–Trinajstić information content (AvgIpc) is 2.73. The van der Waals surface area contributed by atoms with Crippen molar-refractivity contribution in [2.24, 2.45) is 0 Å². The minimum atomic E-state index is -0.918. The number of rotatable bonds is 4. The van der Waals surface area contributed by atoms with E-state index in [4.69, 9.17) is 5.11 Å². The molecule has 5 nitrogen and oxygen atoms in total. The molecule has 110 valence electrons. The molecule has 0 aliphatic carbocycles. The van der Waals surface area contributed by atoms with Gasteiger partial charge in [0.15, 0.2) is 5.13 Å². The number of aryl methyl sites for hydroxylation is 2. The summed E-state index contributed by atoms with van der Waals surface area (Å²) in [5, 5.41) is 12.1. The van der Waals surface area contributed by atoms with E-state index < -0.39 is 5.97 Å². The SMILES string of the molecule is CC(=O)Nc1nc(-c2ccc(C)c(C)c2)c(CC(=O)O)s1. The maximum absolute atomic E-state index is 11.1. The van der Waals surface area contributed by atoms with Crippen molar-refractivity contribution in [2.75, 3.05) is 5.32 Å². The zero-order valence-electron chi connectivity index (χ0n) is 12.1. The van der Waals surface area contributed by atoms with Crippen LogP contribution in [-0.4, -0.2) is 22.0 Å². The molecule has 1 aromatic carbocycles. The number of hydrogen-bond acceptors (Lipinski definition) is 4. The summed E-state index contributed by atoms with van der Waals surface area (Å²) in [5.74, 6) is -1.14. The largest absolute Gasteiger partial charge is 0.481 e. The zero-order chi connectivity index (χ0) is 15.6. The van der Waals surface area contributed by atoms with Gasteiger partial charge >= 0.3 is 5.97 Å². The van der Waals surface area contributed by atoms with Gasteiger partial charge in [-0.15, -0.1) is 11.3 Å². The Hall–Kier alpha value is -2.21. The fourth-order valence-electron chi connectivity index (χ4n) is 1.93. The number of aromatic nitrogens is 1. The number of thiazole rings is 1. The van der Waals surface area contributed by atoms with E-state index >= 15 is 0 Å². The maximum Gasteiger partial charge on any atom is 0.308 e. The van der Waals surface area contributed by atoms with Gasteiger partial charge in [-0.3, -0.25) is 9.59 Å². The van der Waals surface area contributed by atoms with Crippen LogP contribution in [0.5, 0.6) is 0 Å². The monoisotopic (exact) mass is 304 g/mol. The number of benzene rings is 1. The van der Waals surface area contributed by atoms with Crippen molar-refractivity contribution >= 4 is 28.3 Å². The molecule has 0 bridgehead atoms. The quantitative estimate of drug-likeness (QED) is 0.910. The van der Waals surface area contributed by atoms with Crippen molar-refractivity contribution in [3.8, 4) is 11.3 Å². The van der Waals surface area contributed by atoms with Gasteiger partial charge in [0.1, 0.15) is 0 Å². The number of carbonyl (C=O) groups excluding carboxylic acids is 1. The number of carboxylic acid groups (broad SMARTS) is 1. The summed E-state index contributed by atoms with van der Waals surface area (Å²) in [6, 6.07) is 5.88. The molecule has 1 heterocycles. The Bertz CT molecular complexity index is 707. The number of carboxylic acids is 1. The number of nitrogens with zero attached hydrogens (tertiary/aromatic N) is 1. The molecule has 0 unspecified atom stereocenters.